The molecular weight excluding hydrogens is 426 g/mol. The van der Waals surface area contributed by atoms with Gasteiger partial charge in [0.15, 0.2) is 16.4 Å². The van der Waals surface area contributed by atoms with Crippen LogP contribution in [0.25, 0.3) is 21.9 Å². The van der Waals surface area contributed by atoms with Crippen LogP contribution in [0.3, 0.4) is 0 Å². The Labute approximate surface area is 177 Å². The molecule has 2 aromatic carbocycles. The SMILES string of the molecule is COc1ccc2oc3cc(OCC(=O)N(C)[C@@H]4CCS(=O)(=O)C4)cc(O)c3c(=O)c2c1. The summed E-state index contributed by atoms with van der Waals surface area (Å²) in [5.74, 6) is -0.108. The minimum absolute atomic E-state index is 0.00675. The molecule has 3 aromatic rings. The summed E-state index contributed by atoms with van der Waals surface area (Å²) in [5.41, 5.74) is 0.00547. The first-order valence-electron chi connectivity index (χ1n) is 9.55. The molecule has 0 unspecified atom stereocenters. The molecule has 1 N–H and O–H groups in total. The van der Waals surface area contributed by atoms with E-state index < -0.39 is 21.2 Å². The number of hydrogen-bond acceptors (Lipinski definition) is 8. The minimum Gasteiger partial charge on any atom is -0.507 e. The number of benzene rings is 2. The highest BCUT2D eigenvalue weighted by atomic mass is 32.2. The summed E-state index contributed by atoms with van der Waals surface area (Å²) >= 11 is 0. The largest absolute Gasteiger partial charge is 0.507 e. The Bertz CT molecular complexity index is 1340. The van der Waals surface area contributed by atoms with Gasteiger partial charge in [0.2, 0.25) is 5.43 Å². The molecule has 164 valence electrons. The first kappa shape index (κ1) is 21.0. The predicted octanol–water partition coefficient (Wildman–Crippen LogP) is 1.68. The number of carbonyl (C=O) groups is 1. The van der Waals surface area contributed by atoms with Crippen LogP contribution in [0.4, 0.5) is 0 Å². The van der Waals surface area contributed by atoms with Gasteiger partial charge in [0.05, 0.1) is 24.0 Å². The summed E-state index contributed by atoms with van der Waals surface area (Å²) in [6.07, 6.45) is 0.393. The Morgan fingerprint density at radius 1 is 1.23 bits per heavy atom. The van der Waals surface area contributed by atoms with E-state index in [2.05, 4.69) is 0 Å². The molecule has 0 radical (unpaired) electrons. The monoisotopic (exact) mass is 447 g/mol. The van der Waals surface area contributed by atoms with Crippen molar-refractivity contribution < 1.29 is 32.2 Å². The summed E-state index contributed by atoms with van der Waals surface area (Å²) in [6.45, 7) is -0.354. The first-order valence-corrected chi connectivity index (χ1v) is 11.4. The molecule has 1 fully saturated rings. The lowest BCUT2D eigenvalue weighted by Gasteiger charge is -2.23. The van der Waals surface area contributed by atoms with Crippen molar-refractivity contribution in [2.45, 2.75) is 12.5 Å². The number of rotatable bonds is 5. The number of sulfone groups is 1. The van der Waals surface area contributed by atoms with E-state index in [4.69, 9.17) is 13.9 Å². The van der Waals surface area contributed by atoms with Gasteiger partial charge in [-0.05, 0) is 24.6 Å². The number of aromatic hydroxyl groups is 1. The predicted molar refractivity (Wildman–Crippen MR) is 114 cm³/mol. The quantitative estimate of drug-likeness (QED) is 0.586. The molecule has 1 aliphatic heterocycles. The Morgan fingerprint density at radius 3 is 2.68 bits per heavy atom. The molecule has 9 nitrogen and oxygen atoms in total. The third-order valence-electron chi connectivity index (χ3n) is 5.45. The fourth-order valence-corrected chi connectivity index (χ4v) is 5.43. The maximum absolute atomic E-state index is 12.8. The third kappa shape index (κ3) is 4.02. The third-order valence-corrected chi connectivity index (χ3v) is 7.20. The average molecular weight is 447 g/mol. The number of likely N-dealkylation sites (N-methyl/N-ethyl adjacent to an activating group) is 1. The van der Waals surface area contributed by atoms with Crippen LogP contribution in [0.15, 0.2) is 39.5 Å². The smallest absolute Gasteiger partial charge is 0.260 e. The molecule has 2 heterocycles. The van der Waals surface area contributed by atoms with Crippen LogP contribution in [-0.4, -0.2) is 62.6 Å². The second-order valence-electron chi connectivity index (χ2n) is 7.46. The highest BCUT2D eigenvalue weighted by Gasteiger charge is 2.32. The number of ether oxygens (including phenoxy) is 2. The summed E-state index contributed by atoms with van der Waals surface area (Å²) in [4.78, 5) is 26.6. The maximum atomic E-state index is 12.8. The molecular formula is C21H21NO8S. The molecule has 0 bridgehead atoms. The lowest BCUT2D eigenvalue weighted by atomic mass is 10.1. The highest BCUT2D eigenvalue weighted by Crippen LogP contribution is 2.31. The maximum Gasteiger partial charge on any atom is 0.260 e. The number of carbonyl (C=O) groups excluding carboxylic acids is 1. The molecule has 10 heteroatoms. The Balaban J connectivity index is 1.58. The van der Waals surface area contributed by atoms with Crippen molar-refractivity contribution in [2.24, 2.45) is 0 Å². The van der Waals surface area contributed by atoms with Crippen LogP contribution in [-0.2, 0) is 14.6 Å². The average Bonchev–Trinajstić information content (AvgIpc) is 3.10. The van der Waals surface area contributed by atoms with Gasteiger partial charge < -0.3 is 23.9 Å². The molecule has 31 heavy (non-hydrogen) atoms. The fourth-order valence-electron chi connectivity index (χ4n) is 3.66. The zero-order valence-electron chi connectivity index (χ0n) is 17.0. The summed E-state index contributed by atoms with van der Waals surface area (Å²) < 4.78 is 39.6. The number of hydrogen-bond donors (Lipinski definition) is 1. The first-order chi connectivity index (χ1) is 14.7. The molecule has 1 aliphatic rings. The number of nitrogens with zero attached hydrogens (tertiary/aromatic N) is 1. The van der Waals surface area contributed by atoms with Crippen molar-refractivity contribution in [1.82, 2.24) is 4.90 Å². The van der Waals surface area contributed by atoms with E-state index in [0.717, 1.165) is 0 Å². The van der Waals surface area contributed by atoms with Crippen molar-refractivity contribution >= 4 is 37.7 Å². The van der Waals surface area contributed by atoms with Crippen molar-refractivity contribution in [3.8, 4) is 17.2 Å². The number of amides is 1. The van der Waals surface area contributed by atoms with Crippen LogP contribution in [0.5, 0.6) is 17.2 Å². The number of methoxy groups -OCH3 is 1. The van der Waals surface area contributed by atoms with Crippen LogP contribution in [0, 0.1) is 0 Å². The van der Waals surface area contributed by atoms with E-state index in [1.54, 1.807) is 12.1 Å². The number of phenols is 1. The van der Waals surface area contributed by atoms with Crippen molar-refractivity contribution in [2.75, 3.05) is 32.3 Å². The van der Waals surface area contributed by atoms with Gasteiger partial charge in [-0.1, -0.05) is 0 Å². The second-order valence-corrected chi connectivity index (χ2v) is 9.69. The van der Waals surface area contributed by atoms with Gasteiger partial charge in [0.25, 0.3) is 5.91 Å². The van der Waals surface area contributed by atoms with Crippen LogP contribution in [0.2, 0.25) is 0 Å². The number of phenolic OH excluding ortho intramolecular Hbond substituents is 1. The van der Waals surface area contributed by atoms with E-state index in [0.29, 0.717) is 17.8 Å². The Morgan fingerprint density at radius 2 is 2.00 bits per heavy atom. The van der Waals surface area contributed by atoms with Gasteiger partial charge in [-0.15, -0.1) is 0 Å². The molecule has 1 aromatic heterocycles. The zero-order chi connectivity index (χ0) is 22.3. The molecule has 4 rings (SSSR count). The zero-order valence-corrected chi connectivity index (χ0v) is 17.8. The molecule has 1 saturated heterocycles. The minimum atomic E-state index is -3.12. The van der Waals surface area contributed by atoms with Crippen molar-refractivity contribution in [3.63, 3.8) is 0 Å². The van der Waals surface area contributed by atoms with E-state index in [1.807, 2.05) is 0 Å². The van der Waals surface area contributed by atoms with E-state index in [-0.39, 0.29) is 52.0 Å². The van der Waals surface area contributed by atoms with E-state index >= 15 is 0 Å². The lowest BCUT2D eigenvalue weighted by molar-refractivity contribution is -0.133. The van der Waals surface area contributed by atoms with E-state index in [1.165, 1.54) is 37.3 Å². The lowest BCUT2D eigenvalue weighted by Crippen LogP contribution is -2.40. The molecule has 0 aliphatic carbocycles. The van der Waals surface area contributed by atoms with Gasteiger partial charge in [-0.3, -0.25) is 9.59 Å². The molecule has 1 atom stereocenters. The van der Waals surface area contributed by atoms with Crippen LogP contribution in [0.1, 0.15) is 6.42 Å². The molecule has 1 amide bonds. The summed E-state index contributed by atoms with van der Waals surface area (Å²) in [6, 6.07) is 7.05. The molecule has 0 spiro atoms. The topological polar surface area (TPSA) is 123 Å². The van der Waals surface area contributed by atoms with Crippen LogP contribution >= 0.6 is 0 Å². The van der Waals surface area contributed by atoms with Gasteiger partial charge >= 0.3 is 0 Å². The highest BCUT2D eigenvalue weighted by molar-refractivity contribution is 7.91. The summed E-state index contributed by atoms with van der Waals surface area (Å²) in [5, 5.41) is 10.6. The number of fused-ring (bicyclic) bond motifs is 2. The normalized spacial score (nSPS) is 17.7. The standard InChI is InChI=1S/C21H21NO8S/c1-22(12-5-6-31(26,27)11-12)19(24)10-29-14-8-16(23)20-18(9-14)30-17-4-3-13(28-2)7-15(17)21(20)25/h3-4,7-9,12,23H,5-6,10-11H2,1-2H3/t12-/m1/s1. The van der Waals surface area contributed by atoms with Gasteiger partial charge in [-0.25, -0.2) is 8.42 Å². The second kappa shape index (κ2) is 7.77. The van der Waals surface area contributed by atoms with Crippen molar-refractivity contribution in [1.29, 1.82) is 0 Å². The molecule has 0 saturated carbocycles. The Hall–Kier alpha value is -3.27. The fraction of sp³-hybridized carbons (Fsp3) is 0.333. The summed E-state index contributed by atoms with van der Waals surface area (Å²) in [7, 11) is -0.0976. The van der Waals surface area contributed by atoms with Gasteiger partial charge in [0, 0.05) is 25.2 Å². The van der Waals surface area contributed by atoms with Gasteiger partial charge in [-0.2, -0.15) is 0 Å². The Kier molecular flexibility index (Phi) is 5.26. The van der Waals surface area contributed by atoms with Gasteiger partial charge in [0.1, 0.15) is 33.8 Å². The van der Waals surface area contributed by atoms with E-state index in [9.17, 15) is 23.1 Å². The van der Waals surface area contributed by atoms with Crippen LogP contribution < -0.4 is 14.9 Å². The van der Waals surface area contributed by atoms with Crippen molar-refractivity contribution in [3.05, 3.63) is 40.6 Å².